The Labute approximate surface area is 114 Å². The zero-order valence-electron chi connectivity index (χ0n) is 11.0. The van der Waals surface area contributed by atoms with Crippen LogP contribution in [0, 0.1) is 0 Å². The monoisotopic (exact) mass is 262 g/mol. The van der Waals surface area contributed by atoms with Gasteiger partial charge < -0.3 is 0 Å². The first-order valence-electron chi connectivity index (χ1n) is 6.62. The van der Waals surface area contributed by atoms with E-state index in [0.29, 0.717) is 0 Å². The number of fused-ring (bicyclic) bond motifs is 7. The molecular formula is C15H12N5+. The summed E-state index contributed by atoms with van der Waals surface area (Å²) >= 11 is 0. The van der Waals surface area contributed by atoms with Crippen molar-refractivity contribution in [3.8, 4) is 11.5 Å². The Kier molecular flexibility index (Phi) is 1.65. The van der Waals surface area contributed by atoms with E-state index < -0.39 is 0 Å². The minimum Gasteiger partial charge on any atom is -0.258 e. The van der Waals surface area contributed by atoms with Gasteiger partial charge in [0.2, 0.25) is 0 Å². The molecule has 5 heteroatoms. The summed E-state index contributed by atoms with van der Waals surface area (Å²) in [5, 5.41) is 0. The van der Waals surface area contributed by atoms with Gasteiger partial charge >= 0.3 is 0 Å². The summed E-state index contributed by atoms with van der Waals surface area (Å²) in [6, 6.07) is 6.33. The molecule has 0 spiro atoms. The van der Waals surface area contributed by atoms with Gasteiger partial charge in [0.25, 0.3) is 11.5 Å². The van der Waals surface area contributed by atoms with E-state index in [1.165, 1.54) is 22.6 Å². The maximum atomic E-state index is 4.55. The molecule has 0 fully saturated rings. The van der Waals surface area contributed by atoms with Crippen LogP contribution in [0.15, 0.2) is 43.0 Å². The Morgan fingerprint density at radius 3 is 3.20 bits per heavy atom. The largest absolute Gasteiger partial charge is 0.273 e. The molecule has 0 amide bonds. The molecule has 4 aromatic rings. The minimum atomic E-state index is 0.879. The quantitative estimate of drug-likeness (QED) is 0.397. The molecule has 0 aromatic carbocycles. The first-order valence-corrected chi connectivity index (χ1v) is 6.62. The first-order chi connectivity index (χ1) is 9.84. The number of pyridine rings is 1. The van der Waals surface area contributed by atoms with E-state index in [-0.39, 0.29) is 0 Å². The molecule has 20 heavy (non-hydrogen) atoms. The summed E-state index contributed by atoms with van der Waals surface area (Å²) in [4.78, 5) is 8.75. The van der Waals surface area contributed by atoms with Gasteiger partial charge in [-0.25, -0.2) is 14.0 Å². The molecule has 1 aliphatic heterocycles. The van der Waals surface area contributed by atoms with Gasteiger partial charge in [0.05, 0.1) is 32.2 Å². The van der Waals surface area contributed by atoms with Crippen molar-refractivity contribution in [2.75, 3.05) is 0 Å². The molecule has 1 aliphatic rings. The van der Waals surface area contributed by atoms with Crippen LogP contribution in [0.5, 0.6) is 0 Å². The molecule has 0 aliphatic carbocycles. The van der Waals surface area contributed by atoms with Gasteiger partial charge in [-0.15, -0.1) is 0 Å². The molecule has 0 N–H and O–H groups in total. The third-order valence-corrected chi connectivity index (χ3v) is 4.15. The van der Waals surface area contributed by atoms with Gasteiger partial charge in [-0.1, -0.05) is 6.07 Å². The SMILES string of the molecule is Cn1c2[n+](c3c1cc1cnccn13)Cc1cccnc1-2. The van der Waals surface area contributed by atoms with E-state index >= 15 is 0 Å². The molecule has 0 bridgehead atoms. The van der Waals surface area contributed by atoms with Crippen molar-refractivity contribution in [3.05, 3.63) is 48.5 Å². The van der Waals surface area contributed by atoms with E-state index in [1.807, 2.05) is 30.9 Å². The topological polar surface area (TPSA) is 39.0 Å². The molecule has 0 saturated carbocycles. The summed E-state index contributed by atoms with van der Waals surface area (Å²) in [5.74, 6) is 1.18. The highest BCUT2D eigenvalue weighted by molar-refractivity contribution is 5.82. The van der Waals surface area contributed by atoms with E-state index in [9.17, 15) is 0 Å². The van der Waals surface area contributed by atoms with Gasteiger partial charge in [0, 0.05) is 17.8 Å². The Morgan fingerprint density at radius 1 is 1.30 bits per heavy atom. The number of hydrogen-bond acceptors (Lipinski definition) is 2. The standard InChI is InChI=1S/C15H12N5/c1-18-12-7-11-8-16-5-6-19(11)14(12)20-9-10-3-2-4-17-13(10)15(18)20/h2-8H,9H2,1H3/q+1. The van der Waals surface area contributed by atoms with Gasteiger partial charge in [0.15, 0.2) is 5.52 Å². The van der Waals surface area contributed by atoms with Crippen LogP contribution in [0.1, 0.15) is 5.56 Å². The van der Waals surface area contributed by atoms with Gasteiger partial charge in [-0.3, -0.25) is 9.55 Å². The second kappa shape index (κ2) is 3.25. The number of hydrogen-bond donors (Lipinski definition) is 0. The van der Waals surface area contributed by atoms with Crippen molar-refractivity contribution < 1.29 is 4.57 Å². The Balaban J connectivity index is 1.99. The lowest BCUT2D eigenvalue weighted by Crippen LogP contribution is -2.32. The summed E-state index contributed by atoms with van der Waals surface area (Å²) in [7, 11) is 2.10. The Bertz CT molecular complexity index is 992. The van der Waals surface area contributed by atoms with Crippen LogP contribution in [0.2, 0.25) is 0 Å². The van der Waals surface area contributed by atoms with Crippen LogP contribution in [0.3, 0.4) is 0 Å². The van der Waals surface area contributed by atoms with Crippen LogP contribution in [-0.2, 0) is 13.6 Å². The molecule has 0 saturated heterocycles. The lowest BCUT2D eigenvalue weighted by molar-refractivity contribution is -0.648. The number of imidazole rings is 1. The third-order valence-electron chi connectivity index (χ3n) is 4.15. The van der Waals surface area contributed by atoms with E-state index in [0.717, 1.165) is 17.8 Å². The zero-order chi connectivity index (χ0) is 13.3. The van der Waals surface area contributed by atoms with Crippen LogP contribution >= 0.6 is 0 Å². The third kappa shape index (κ3) is 1.02. The van der Waals surface area contributed by atoms with Crippen LogP contribution in [0.25, 0.3) is 28.2 Å². The fourth-order valence-electron chi connectivity index (χ4n) is 3.29. The number of aryl methyl sites for hydroxylation is 1. The van der Waals surface area contributed by atoms with Crippen molar-refractivity contribution in [2.45, 2.75) is 6.54 Å². The molecule has 0 atom stereocenters. The Morgan fingerprint density at radius 2 is 2.25 bits per heavy atom. The maximum Gasteiger partial charge on any atom is 0.273 e. The number of rotatable bonds is 0. The molecule has 0 radical (unpaired) electrons. The highest BCUT2D eigenvalue weighted by Gasteiger charge is 2.33. The second-order valence-electron chi connectivity index (χ2n) is 5.20. The fourth-order valence-corrected chi connectivity index (χ4v) is 3.29. The van der Waals surface area contributed by atoms with Crippen molar-refractivity contribution in [3.63, 3.8) is 0 Å². The molecule has 4 aromatic heterocycles. The minimum absolute atomic E-state index is 0.879. The number of aromatic nitrogens is 5. The zero-order valence-corrected chi connectivity index (χ0v) is 11.0. The van der Waals surface area contributed by atoms with Crippen molar-refractivity contribution in [1.82, 2.24) is 18.9 Å². The molecular weight excluding hydrogens is 250 g/mol. The lowest BCUT2D eigenvalue weighted by atomic mass is 10.2. The van der Waals surface area contributed by atoms with Gasteiger partial charge in [-0.05, 0) is 6.07 Å². The van der Waals surface area contributed by atoms with Gasteiger partial charge in [-0.2, -0.15) is 0 Å². The van der Waals surface area contributed by atoms with Crippen molar-refractivity contribution >= 4 is 16.7 Å². The normalized spacial score (nSPS) is 13.1. The second-order valence-corrected chi connectivity index (χ2v) is 5.20. The molecule has 5 rings (SSSR count). The maximum absolute atomic E-state index is 4.55. The molecule has 96 valence electrons. The van der Waals surface area contributed by atoms with E-state index in [4.69, 9.17) is 0 Å². The summed E-state index contributed by atoms with van der Waals surface area (Å²) in [6.07, 6.45) is 7.60. The predicted molar refractivity (Wildman–Crippen MR) is 74.2 cm³/mol. The molecule has 0 unspecified atom stereocenters. The highest BCUT2D eigenvalue weighted by atomic mass is 15.2. The van der Waals surface area contributed by atoms with Crippen LogP contribution in [0.4, 0.5) is 0 Å². The summed E-state index contributed by atoms with van der Waals surface area (Å²) < 4.78 is 6.75. The van der Waals surface area contributed by atoms with Crippen LogP contribution < -0.4 is 4.57 Å². The summed E-state index contributed by atoms with van der Waals surface area (Å²) in [6.45, 7) is 0.879. The van der Waals surface area contributed by atoms with E-state index in [2.05, 4.69) is 42.7 Å². The summed E-state index contributed by atoms with van der Waals surface area (Å²) in [5.41, 5.74) is 5.91. The number of nitrogens with zero attached hydrogens (tertiary/aromatic N) is 5. The van der Waals surface area contributed by atoms with Crippen molar-refractivity contribution in [1.29, 1.82) is 0 Å². The van der Waals surface area contributed by atoms with Crippen molar-refractivity contribution in [2.24, 2.45) is 7.05 Å². The van der Waals surface area contributed by atoms with E-state index in [1.54, 1.807) is 0 Å². The van der Waals surface area contributed by atoms with Gasteiger partial charge in [0.1, 0.15) is 11.2 Å². The van der Waals surface area contributed by atoms with Crippen LogP contribution in [-0.4, -0.2) is 18.9 Å². The molecule has 5 heterocycles. The smallest absolute Gasteiger partial charge is 0.258 e. The molecule has 5 nitrogen and oxygen atoms in total. The lowest BCUT2D eigenvalue weighted by Gasteiger charge is -1.95. The predicted octanol–water partition coefficient (Wildman–Crippen LogP) is 1.54. The average molecular weight is 262 g/mol. The first kappa shape index (κ1) is 10.1. The highest BCUT2D eigenvalue weighted by Crippen LogP contribution is 2.29. The average Bonchev–Trinajstić information content (AvgIpc) is 3.10. The Hall–Kier alpha value is -2.69. The fraction of sp³-hybridized carbons (Fsp3) is 0.133.